The van der Waals surface area contributed by atoms with Gasteiger partial charge in [0.25, 0.3) is 11.5 Å². The van der Waals surface area contributed by atoms with Crippen molar-refractivity contribution < 1.29 is 9.32 Å². The van der Waals surface area contributed by atoms with Crippen LogP contribution in [0.25, 0.3) is 21.9 Å². The number of hydrogen-bond donors (Lipinski definition) is 2. The maximum absolute atomic E-state index is 13.1. The van der Waals surface area contributed by atoms with Crippen molar-refractivity contribution in [3.05, 3.63) is 107 Å². The van der Waals surface area contributed by atoms with E-state index < -0.39 is 0 Å². The van der Waals surface area contributed by atoms with Gasteiger partial charge in [0, 0.05) is 29.4 Å². The van der Waals surface area contributed by atoms with Gasteiger partial charge in [0.1, 0.15) is 5.82 Å². The molecule has 1 amide bonds. The van der Waals surface area contributed by atoms with E-state index in [0.29, 0.717) is 23.3 Å². The number of nitrogens with two attached hydrogens (primary N) is 1. The molecule has 3 N–H and O–H groups in total. The molecule has 33 heavy (non-hydrogen) atoms. The summed E-state index contributed by atoms with van der Waals surface area (Å²) in [5.41, 5.74) is 8.86. The lowest BCUT2D eigenvalue weighted by atomic mass is 10.0. The molecule has 0 saturated heterocycles. The third-order valence-electron chi connectivity index (χ3n) is 5.31. The first-order chi connectivity index (χ1) is 16.1. The van der Waals surface area contributed by atoms with E-state index in [9.17, 15) is 9.59 Å². The number of carbonyl (C=O) groups excluding carboxylic acids is 1. The molecule has 162 valence electrons. The number of hydrogen-bond acceptors (Lipinski definition) is 6. The fraction of sp³-hybridized carbons (Fsp3) is 0.0400. The Kier molecular flexibility index (Phi) is 5.16. The first kappa shape index (κ1) is 20.2. The Morgan fingerprint density at radius 1 is 1.00 bits per heavy atom. The summed E-state index contributed by atoms with van der Waals surface area (Å²) in [5.74, 6) is 0.397. The summed E-state index contributed by atoms with van der Waals surface area (Å²) in [5, 5.41) is 7.66. The van der Waals surface area contributed by atoms with Gasteiger partial charge in [-0.2, -0.15) is 0 Å². The molecule has 0 bridgehead atoms. The molecule has 0 atom stereocenters. The lowest BCUT2D eigenvalue weighted by Gasteiger charge is -2.10. The Hall–Kier alpha value is -4.72. The van der Waals surface area contributed by atoms with Crippen LogP contribution in [0.1, 0.15) is 15.9 Å². The van der Waals surface area contributed by atoms with Gasteiger partial charge in [0.2, 0.25) is 5.88 Å². The maximum Gasteiger partial charge on any atom is 0.258 e. The number of anilines is 2. The highest BCUT2D eigenvalue weighted by Gasteiger charge is 2.10. The van der Waals surface area contributed by atoms with Crippen molar-refractivity contribution in [1.29, 1.82) is 0 Å². The van der Waals surface area contributed by atoms with Crippen LogP contribution < -0.4 is 16.6 Å². The summed E-state index contributed by atoms with van der Waals surface area (Å²) in [6.07, 6.45) is 4.87. The summed E-state index contributed by atoms with van der Waals surface area (Å²) >= 11 is 0. The number of benzene rings is 2. The quantitative estimate of drug-likeness (QED) is 0.430. The van der Waals surface area contributed by atoms with Crippen LogP contribution in [-0.2, 0) is 6.54 Å². The van der Waals surface area contributed by atoms with Crippen molar-refractivity contribution in [3.63, 3.8) is 0 Å². The van der Waals surface area contributed by atoms with Gasteiger partial charge in [-0.25, -0.2) is 4.98 Å². The topological polar surface area (TPSA) is 116 Å². The van der Waals surface area contributed by atoms with Crippen molar-refractivity contribution >= 4 is 28.4 Å². The van der Waals surface area contributed by atoms with E-state index in [1.54, 1.807) is 47.3 Å². The summed E-state index contributed by atoms with van der Waals surface area (Å²) in [4.78, 5) is 29.6. The fourth-order valence-corrected chi connectivity index (χ4v) is 3.69. The predicted octanol–water partition coefficient (Wildman–Crippen LogP) is 3.93. The van der Waals surface area contributed by atoms with Gasteiger partial charge in [-0.05, 0) is 64.5 Å². The van der Waals surface area contributed by atoms with E-state index in [4.69, 9.17) is 10.3 Å². The van der Waals surface area contributed by atoms with Crippen molar-refractivity contribution in [2.24, 2.45) is 0 Å². The lowest BCUT2D eigenvalue weighted by molar-refractivity contribution is 0.102. The van der Waals surface area contributed by atoms with E-state index in [2.05, 4.69) is 15.5 Å². The highest BCUT2D eigenvalue weighted by Crippen LogP contribution is 2.24. The van der Waals surface area contributed by atoms with Crippen molar-refractivity contribution in [3.8, 4) is 11.1 Å². The molecule has 0 aliphatic carbocycles. The summed E-state index contributed by atoms with van der Waals surface area (Å²) < 4.78 is 6.54. The van der Waals surface area contributed by atoms with Gasteiger partial charge >= 0.3 is 0 Å². The number of rotatable bonds is 5. The summed E-state index contributed by atoms with van der Waals surface area (Å²) in [6.45, 7) is 0.334. The number of fused-ring (bicyclic) bond motifs is 1. The number of nitrogen functional groups attached to an aromatic ring is 1. The molecule has 0 aliphatic heterocycles. The van der Waals surface area contributed by atoms with Crippen LogP contribution in [0.3, 0.4) is 0 Å². The Morgan fingerprint density at radius 2 is 1.88 bits per heavy atom. The van der Waals surface area contributed by atoms with Gasteiger partial charge in [0.15, 0.2) is 0 Å². The van der Waals surface area contributed by atoms with Gasteiger partial charge in [-0.3, -0.25) is 14.9 Å². The molecule has 0 spiro atoms. The van der Waals surface area contributed by atoms with Crippen LogP contribution in [0.15, 0.2) is 94.6 Å². The number of nitrogens with one attached hydrogen (secondary N) is 1. The average molecular weight is 437 g/mol. The third-order valence-corrected chi connectivity index (χ3v) is 5.31. The minimum Gasteiger partial charge on any atom is -0.384 e. The number of carbonyl (C=O) groups is 1. The minimum atomic E-state index is -0.316. The highest BCUT2D eigenvalue weighted by molar-refractivity contribution is 6.03. The molecular formula is C25H19N5O3. The smallest absolute Gasteiger partial charge is 0.258 e. The van der Waals surface area contributed by atoms with E-state index in [1.807, 2.05) is 36.4 Å². The third kappa shape index (κ3) is 4.22. The molecule has 8 nitrogen and oxygen atoms in total. The van der Waals surface area contributed by atoms with Crippen molar-refractivity contribution in [2.75, 3.05) is 11.1 Å². The van der Waals surface area contributed by atoms with Crippen LogP contribution in [-0.4, -0.2) is 20.6 Å². The average Bonchev–Trinajstić information content (AvgIpc) is 3.34. The highest BCUT2D eigenvalue weighted by atomic mass is 16.5. The number of amides is 1. The van der Waals surface area contributed by atoms with Crippen molar-refractivity contribution in [2.45, 2.75) is 6.54 Å². The normalized spacial score (nSPS) is 10.9. The summed E-state index contributed by atoms with van der Waals surface area (Å²) in [7, 11) is 0. The molecule has 3 aromatic heterocycles. The Morgan fingerprint density at radius 3 is 2.70 bits per heavy atom. The second kappa shape index (κ2) is 8.43. The largest absolute Gasteiger partial charge is 0.384 e. The molecular weight excluding hydrogens is 418 g/mol. The predicted molar refractivity (Wildman–Crippen MR) is 126 cm³/mol. The van der Waals surface area contributed by atoms with Crippen LogP contribution in [0.4, 0.5) is 11.7 Å². The number of pyridine rings is 2. The van der Waals surface area contributed by atoms with Gasteiger partial charge in [-0.1, -0.05) is 23.4 Å². The second-order valence-corrected chi connectivity index (χ2v) is 7.55. The molecule has 0 saturated carbocycles. The van der Waals surface area contributed by atoms with Gasteiger partial charge < -0.3 is 14.8 Å². The van der Waals surface area contributed by atoms with Crippen LogP contribution in [0.2, 0.25) is 0 Å². The van der Waals surface area contributed by atoms with E-state index in [1.165, 1.54) is 6.20 Å². The molecule has 0 unspecified atom stereocenters. The SMILES string of the molecule is Nc1cc(-c2ccc3c(=O)n(Cc4cccc(C(=O)Nc5ccno5)c4)ccc3c2)ccn1. The molecule has 2 aromatic carbocycles. The number of nitrogens with zero attached hydrogens (tertiary/aromatic N) is 3. The molecule has 0 fully saturated rings. The van der Waals surface area contributed by atoms with Crippen LogP contribution >= 0.6 is 0 Å². The fourth-order valence-electron chi connectivity index (χ4n) is 3.69. The lowest BCUT2D eigenvalue weighted by Crippen LogP contribution is -2.20. The van der Waals surface area contributed by atoms with Gasteiger partial charge in [0.05, 0.1) is 12.7 Å². The number of aromatic nitrogens is 3. The Labute approximate surface area is 188 Å². The zero-order valence-electron chi connectivity index (χ0n) is 17.4. The minimum absolute atomic E-state index is 0.107. The van der Waals surface area contributed by atoms with E-state index >= 15 is 0 Å². The zero-order valence-corrected chi connectivity index (χ0v) is 17.4. The van der Waals surface area contributed by atoms with Crippen LogP contribution in [0, 0.1) is 0 Å². The van der Waals surface area contributed by atoms with Gasteiger partial charge in [-0.15, -0.1) is 0 Å². The first-order valence-corrected chi connectivity index (χ1v) is 10.2. The Balaban J connectivity index is 1.41. The molecule has 5 rings (SSSR count). The van der Waals surface area contributed by atoms with Crippen LogP contribution in [0.5, 0.6) is 0 Å². The molecule has 5 aromatic rings. The molecule has 0 radical (unpaired) electrons. The Bertz CT molecular complexity index is 1520. The molecule has 0 aliphatic rings. The standard InChI is InChI=1S/C25H19N5O3/c26-22-14-18(6-9-27-22)17-4-5-21-19(13-17)8-11-30(25(21)32)15-16-2-1-3-20(12-16)24(31)29-23-7-10-28-33-23/h1-14H,15H2,(H2,26,27)(H,29,31). The van der Waals surface area contributed by atoms with E-state index in [0.717, 1.165) is 22.1 Å². The first-order valence-electron chi connectivity index (χ1n) is 10.2. The zero-order chi connectivity index (χ0) is 22.8. The molecule has 3 heterocycles. The van der Waals surface area contributed by atoms with Crippen molar-refractivity contribution in [1.82, 2.24) is 14.7 Å². The van der Waals surface area contributed by atoms with E-state index in [-0.39, 0.29) is 17.4 Å². The summed E-state index contributed by atoms with van der Waals surface area (Å²) in [6, 6.07) is 19.9. The maximum atomic E-state index is 13.1. The monoisotopic (exact) mass is 437 g/mol. The second-order valence-electron chi connectivity index (χ2n) is 7.55. The molecule has 8 heteroatoms.